The normalized spacial score (nSPS) is 12.3. The number of ether oxygens (including phenoxy) is 2. The first-order chi connectivity index (χ1) is 18.6. The molecule has 9 nitrogen and oxygen atoms in total. The van der Waals surface area contributed by atoms with Gasteiger partial charge < -0.3 is 19.8 Å². The predicted molar refractivity (Wildman–Crippen MR) is 154 cm³/mol. The highest BCUT2D eigenvalue weighted by Crippen LogP contribution is 2.38. The van der Waals surface area contributed by atoms with Crippen molar-refractivity contribution in [1.82, 2.24) is 14.8 Å². The van der Waals surface area contributed by atoms with Crippen LogP contribution in [0, 0.1) is 0 Å². The molecule has 0 saturated carbocycles. The van der Waals surface area contributed by atoms with Crippen LogP contribution in [0.5, 0.6) is 11.6 Å². The van der Waals surface area contributed by atoms with Crippen molar-refractivity contribution in [2.45, 2.75) is 66.0 Å². The second kappa shape index (κ2) is 13.2. The number of anilines is 1. The highest BCUT2D eigenvalue weighted by atomic mass is 32.1. The van der Waals surface area contributed by atoms with E-state index in [0.717, 1.165) is 53.8 Å². The van der Waals surface area contributed by atoms with Crippen LogP contribution in [0.1, 0.15) is 58.9 Å². The van der Waals surface area contributed by atoms with E-state index in [1.807, 2.05) is 19.1 Å². The van der Waals surface area contributed by atoms with Crippen molar-refractivity contribution in [2.75, 3.05) is 18.9 Å². The van der Waals surface area contributed by atoms with Gasteiger partial charge in [-0.25, -0.2) is 0 Å². The van der Waals surface area contributed by atoms with Crippen molar-refractivity contribution in [3.63, 3.8) is 0 Å². The zero-order valence-electron chi connectivity index (χ0n) is 22.6. The van der Waals surface area contributed by atoms with Crippen LogP contribution in [-0.4, -0.2) is 34.0 Å². The SMILES string of the molecule is CCCCN=c1sc2cc(N=Nc3c(OCC)n[nH]c3N)c(OC(CC)CC)cc2n1Cc1ccccc1. The van der Waals surface area contributed by atoms with Crippen LogP contribution < -0.4 is 20.0 Å². The number of fused-ring (bicyclic) bond motifs is 1. The number of azo groups is 1. The summed E-state index contributed by atoms with van der Waals surface area (Å²) >= 11 is 1.66. The number of H-pyrrole nitrogens is 1. The Morgan fingerprint density at radius 2 is 1.87 bits per heavy atom. The molecule has 2 heterocycles. The summed E-state index contributed by atoms with van der Waals surface area (Å²) < 4.78 is 15.3. The van der Waals surface area contributed by atoms with Crippen molar-refractivity contribution >= 4 is 38.7 Å². The summed E-state index contributed by atoms with van der Waals surface area (Å²) in [5.74, 6) is 1.30. The van der Waals surface area contributed by atoms with E-state index in [1.54, 1.807) is 11.3 Å². The standard InChI is InChI=1S/C28H37N7O2S/c1-5-9-15-30-28-35(18-19-13-11-10-12-14-19)22-17-23(37-20(6-2)7-3)21(16-24(22)38-28)31-32-25-26(29)33-34-27(25)36-8-4/h10-14,16-17,20H,5-9,15,18H2,1-4H3,(H3,29,33,34). The molecule has 0 aliphatic carbocycles. The van der Waals surface area contributed by atoms with Gasteiger partial charge in [0.1, 0.15) is 11.4 Å². The van der Waals surface area contributed by atoms with Gasteiger partial charge in [0.25, 0.3) is 5.88 Å². The number of nitrogens with zero attached hydrogens (tertiary/aromatic N) is 5. The molecule has 0 bridgehead atoms. The topological polar surface area (TPSA) is 115 Å². The Morgan fingerprint density at radius 3 is 2.58 bits per heavy atom. The van der Waals surface area contributed by atoms with Gasteiger partial charge in [-0.05, 0) is 37.8 Å². The van der Waals surface area contributed by atoms with Crippen molar-refractivity contribution in [2.24, 2.45) is 15.2 Å². The van der Waals surface area contributed by atoms with Gasteiger partial charge >= 0.3 is 0 Å². The molecule has 0 atom stereocenters. The molecule has 0 radical (unpaired) electrons. The maximum atomic E-state index is 6.46. The molecule has 202 valence electrons. The molecule has 0 spiro atoms. The van der Waals surface area contributed by atoms with Crippen LogP contribution in [0.15, 0.2) is 57.7 Å². The Hall–Kier alpha value is -3.66. The zero-order valence-corrected chi connectivity index (χ0v) is 23.4. The monoisotopic (exact) mass is 535 g/mol. The first kappa shape index (κ1) is 27.4. The number of hydrogen-bond acceptors (Lipinski definition) is 8. The van der Waals surface area contributed by atoms with Crippen molar-refractivity contribution in [3.8, 4) is 11.6 Å². The predicted octanol–water partition coefficient (Wildman–Crippen LogP) is 7.14. The fourth-order valence-corrected chi connectivity index (χ4v) is 5.10. The van der Waals surface area contributed by atoms with E-state index in [9.17, 15) is 0 Å². The quantitative estimate of drug-likeness (QED) is 0.140. The van der Waals surface area contributed by atoms with Gasteiger partial charge in [0.15, 0.2) is 16.3 Å². The largest absolute Gasteiger partial charge is 0.488 e. The second-order valence-electron chi connectivity index (χ2n) is 8.96. The molecule has 4 rings (SSSR count). The van der Waals surface area contributed by atoms with Gasteiger partial charge in [0.2, 0.25) is 0 Å². The molecule has 4 aromatic rings. The average Bonchev–Trinajstić information content (AvgIpc) is 3.45. The van der Waals surface area contributed by atoms with Crippen molar-refractivity contribution < 1.29 is 9.47 Å². The lowest BCUT2D eigenvalue weighted by Gasteiger charge is -2.17. The number of hydrogen-bond donors (Lipinski definition) is 2. The Kier molecular flexibility index (Phi) is 9.53. The molecule has 3 N–H and O–H groups in total. The molecule has 0 saturated heterocycles. The Morgan fingerprint density at radius 1 is 1.08 bits per heavy atom. The Balaban J connectivity index is 1.85. The van der Waals surface area contributed by atoms with Gasteiger partial charge in [0.05, 0.1) is 29.5 Å². The summed E-state index contributed by atoms with van der Waals surface area (Å²) in [6.07, 6.45) is 4.00. The molecule has 0 amide bonds. The lowest BCUT2D eigenvalue weighted by atomic mass is 10.2. The first-order valence-electron chi connectivity index (χ1n) is 13.3. The fourth-order valence-electron chi connectivity index (χ4n) is 4.03. The number of rotatable bonds is 13. The third-order valence-electron chi connectivity index (χ3n) is 6.18. The molecule has 0 aliphatic rings. The van der Waals surface area contributed by atoms with Gasteiger partial charge in [-0.2, -0.15) is 0 Å². The lowest BCUT2D eigenvalue weighted by Crippen LogP contribution is -2.16. The molecule has 0 unspecified atom stereocenters. The van der Waals surface area contributed by atoms with E-state index < -0.39 is 0 Å². The van der Waals surface area contributed by atoms with Crippen molar-refractivity contribution in [1.29, 1.82) is 0 Å². The smallest absolute Gasteiger partial charge is 0.263 e. The summed E-state index contributed by atoms with van der Waals surface area (Å²) in [7, 11) is 0. The van der Waals surface area contributed by atoms with E-state index in [1.165, 1.54) is 5.56 Å². The van der Waals surface area contributed by atoms with Crippen molar-refractivity contribution in [3.05, 3.63) is 52.8 Å². The summed E-state index contributed by atoms with van der Waals surface area (Å²) in [6, 6.07) is 14.5. The number of aromatic nitrogens is 3. The maximum absolute atomic E-state index is 6.46. The number of benzene rings is 2. The van der Waals surface area contributed by atoms with E-state index in [-0.39, 0.29) is 6.10 Å². The number of thiazole rings is 1. The van der Waals surface area contributed by atoms with Crippen LogP contribution >= 0.6 is 11.3 Å². The minimum atomic E-state index is 0.0642. The molecule has 2 aromatic heterocycles. The highest BCUT2D eigenvalue weighted by molar-refractivity contribution is 7.16. The maximum Gasteiger partial charge on any atom is 0.263 e. The van der Waals surface area contributed by atoms with Gasteiger partial charge in [-0.1, -0.05) is 68.9 Å². The molecule has 0 aliphatic heterocycles. The lowest BCUT2D eigenvalue weighted by molar-refractivity contribution is 0.194. The Labute approximate surface area is 227 Å². The third-order valence-corrected chi connectivity index (χ3v) is 7.26. The summed E-state index contributed by atoms with van der Waals surface area (Å²) in [6.45, 7) is 10.3. The van der Waals surface area contributed by atoms with E-state index in [4.69, 9.17) is 20.2 Å². The second-order valence-corrected chi connectivity index (χ2v) is 9.97. The van der Waals surface area contributed by atoms with Crippen LogP contribution in [-0.2, 0) is 6.54 Å². The molecular formula is C28H37N7O2S. The highest BCUT2D eigenvalue weighted by Gasteiger charge is 2.17. The number of nitrogens with one attached hydrogen (secondary N) is 1. The van der Waals surface area contributed by atoms with Crippen LogP contribution in [0.4, 0.5) is 17.2 Å². The number of aromatic amines is 1. The number of unbranched alkanes of at least 4 members (excludes halogenated alkanes) is 1. The van der Waals surface area contributed by atoms with Crippen LogP contribution in [0.2, 0.25) is 0 Å². The molecule has 2 aromatic carbocycles. The van der Waals surface area contributed by atoms with E-state index in [2.05, 4.69) is 76.1 Å². The summed E-state index contributed by atoms with van der Waals surface area (Å²) in [5, 5.41) is 15.8. The third kappa shape index (κ3) is 6.42. The minimum Gasteiger partial charge on any atom is -0.488 e. The van der Waals surface area contributed by atoms with E-state index >= 15 is 0 Å². The van der Waals surface area contributed by atoms with Crippen LogP contribution in [0.25, 0.3) is 10.2 Å². The average molecular weight is 536 g/mol. The fraction of sp³-hybridized carbons (Fsp3) is 0.429. The minimum absolute atomic E-state index is 0.0642. The van der Waals surface area contributed by atoms with Gasteiger partial charge in [-0.15, -0.1) is 15.3 Å². The molecule has 10 heteroatoms. The summed E-state index contributed by atoms with van der Waals surface area (Å²) in [4.78, 5) is 5.94. The molecule has 38 heavy (non-hydrogen) atoms. The van der Waals surface area contributed by atoms with E-state index in [0.29, 0.717) is 35.4 Å². The summed E-state index contributed by atoms with van der Waals surface area (Å²) in [5.41, 5.74) is 9.33. The zero-order chi connectivity index (χ0) is 26.9. The number of nitrogen functional groups attached to an aromatic ring is 1. The van der Waals surface area contributed by atoms with Gasteiger partial charge in [0, 0.05) is 12.6 Å². The van der Waals surface area contributed by atoms with Crippen LogP contribution in [0.3, 0.4) is 0 Å². The number of nitrogens with two attached hydrogens (primary N) is 1. The first-order valence-corrected chi connectivity index (χ1v) is 14.2. The molecular weight excluding hydrogens is 498 g/mol. The molecule has 0 fully saturated rings. The Bertz CT molecular complexity index is 1420. The van der Waals surface area contributed by atoms with Gasteiger partial charge in [-0.3, -0.25) is 10.1 Å².